The fraction of sp³-hybridized carbons (Fsp3) is 0.643. The van der Waals surface area contributed by atoms with Gasteiger partial charge in [0.2, 0.25) is 0 Å². The van der Waals surface area contributed by atoms with Gasteiger partial charge in [-0.05, 0) is 31.6 Å². The summed E-state index contributed by atoms with van der Waals surface area (Å²) in [6, 6.07) is -0.401. The van der Waals surface area contributed by atoms with Crippen LogP contribution in [0.2, 0.25) is 0 Å². The molecule has 1 aliphatic carbocycles. The standard InChI is InChI=1S/C14H22N4O3/c1-10-3-5-14(6-4-10,12(19)20)9-15-13(21)17-11-7-16-18(2)8-11/h7-8,10H,3-6,9H2,1-2H3,(H,19,20)(H2,15,17,21). The monoisotopic (exact) mass is 294 g/mol. The van der Waals surface area contributed by atoms with Gasteiger partial charge in [0.1, 0.15) is 0 Å². The second-order valence-electron chi connectivity index (χ2n) is 5.98. The number of carbonyl (C=O) groups excluding carboxylic acids is 1. The van der Waals surface area contributed by atoms with Crippen LogP contribution in [0.4, 0.5) is 10.5 Å². The number of aromatic nitrogens is 2. The minimum absolute atomic E-state index is 0.154. The Morgan fingerprint density at radius 2 is 2.14 bits per heavy atom. The first kappa shape index (κ1) is 15.3. The van der Waals surface area contributed by atoms with E-state index < -0.39 is 17.4 Å². The summed E-state index contributed by atoms with van der Waals surface area (Å²) in [5, 5.41) is 18.8. The Labute approximate surface area is 123 Å². The van der Waals surface area contributed by atoms with Crippen molar-refractivity contribution < 1.29 is 14.7 Å². The van der Waals surface area contributed by atoms with Crippen molar-refractivity contribution >= 4 is 17.7 Å². The van der Waals surface area contributed by atoms with Crippen molar-refractivity contribution in [2.45, 2.75) is 32.6 Å². The predicted octanol–water partition coefficient (Wildman–Crippen LogP) is 1.82. The maximum absolute atomic E-state index is 11.8. The van der Waals surface area contributed by atoms with Crippen LogP contribution in [0.1, 0.15) is 32.6 Å². The number of nitrogens with one attached hydrogen (secondary N) is 2. The molecule has 21 heavy (non-hydrogen) atoms. The first-order chi connectivity index (χ1) is 9.91. The molecule has 3 N–H and O–H groups in total. The van der Waals surface area contributed by atoms with Crippen molar-refractivity contribution in [2.24, 2.45) is 18.4 Å². The van der Waals surface area contributed by atoms with E-state index in [-0.39, 0.29) is 6.54 Å². The van der Waals surface area contributed by atoms with Gasteiger partial charge < -0.3 is 15.7 Å². The Hall–Kier alpha value is -2.05. The van der Waals surface area contributed by atoms with Crippen LogP contribution in [0.5, 0.6) is 0 Å². The van der Waals surface area contributed by atoms with Crippen LogP contribution in [-0.2, 0) is 11.8 Å². The first-order valence-corrected chi connectivity index (χ1v) is 7.18. The van der Waals surface area contributed by atoms with Gasteiger partial charge in [0.25, 0.3) is 0 Å². The van der Waals surface area contributed by atoms with Gasteiger partial charge in [-0.25, -0.2) is 4.79 Å². The van der Waals surface area contributed by atoms with Gasteiger partial charge in [-0.15, -0.1) is 0 Å². The Bertz CT molecular complexity index is 518. The van der Waals surface area contributed by atoms with Crippen molar-refractivity contribution in [1.29, 1.82) is 0 Å². The number of nitrogens with zero attached hydrogens (tertiary/aromatic N) is 2. The van der Waals surface area contributed by atoms with Gasteiger partial charge >= 0.3 is 12.0 Å². The molecule has 1 aliphatic rings. The minimum atomic E-state index is -0.835. The highest BCUT2D eigenvalue weighted by Crippen LogP contribution is 2.38. The number of carboxylic acids is 1. The third kappa shape index (κ3) is 3.74. The zero-order valence-electron chi connectivity index (χ0n) is 12.4. The average Bonchev–Trinajstić information content (AvgIpc) is 2.83. The quantitative estimate of drug-likeness (QED) is 0.789. The number of carboxylic acid groups (broad SMARTS) is 1. The molecule has 0 spiro atoms. The molecule has 2 rings (SSSR count). The second-order valence-corrected chi connectivity index (χ2v) is 5.98. The third-order valence-corrected chi connectivity index (χ3v) is 4.24. The van der Waals surface area contributed by atoms with Crippen LogP contribution in [-0.4, -0.2) is 33.4 Å². The maximum Gasteiger partial charge on any atom is 0.319 e. The van der Waals surface area contributed by atoms with Crippen LogP contribution in [0.3, 0.4) is 0 Å². The van der Waals surface area contributed by atoms with Gasteiger partial charge in [0.05, 0.1) is 17.3 Å². The molecule has 0 atom stereocenters. The molecule has 0 saturated heterocycles. The molecule has 1 saturated carbocycles. The summed E-state index contributed by atoms with van der Waals surface area (Å²) in [5.41, 5.74) is -0.254. The summed E-state index contributed by atoms with van der Waals surface area (Å²) >= 11 is 0. The van der Waals surface area contributed by atoms with Crippen molar-refractivity contribution in [1.82, 2.24) is 15.1 Å². The van der Waals surface area contributed by atoms with Crippen molar-refractivity contribution in [3.63, 3.8) is 0 Å². The van der Waals surface area contributed by atoms with E-state index in [1.165, 1.54) is 6.20 Å². The van der Waals surface area contributed by atoms with E-state index in [0.717, 1.165) is 12.8 Å². The molecule has 1 fully saturated rings. The van der Waals surface area contributed by atoms with Crippen LogP contribution < -0.4 is 10.6 Å². The maximum atomic E-state index is 11.8. The molecule has 1 heterocycles. The van der Waals surface area contributed by atoms with Gasteiger partial charge in [-0.1, -0.05) is 6.92 Å². The molecule has 0 aliphatic heterocycles. The van der Waals surface area contributed by atoms with E-state index in [9.17, 15) is 14.7 Å². The highest BCUT2D eigenvalue weighted by atomic mass is 16.4. The average molecular weight is 294 g/mol. The normalized spacial score (nSPS) is 25.3. The minimum Gasteiger partial charge on any atom is -0.481 e. The van der Waals surface area contributed by atoms with Gasteiger partial charge in [-0.2, -0.15) is 5.10 Å². The molecular formula is C14H22N4O3. The Kier molecular flexibility index (Phi) is 4.50. The van der Waals surface area contributed by atoms with E-state index in [4.69, 9.17) is 0 Å². The number of aliphatic carboxylic acids is 1. The number of aryl methyl sites for hydroxylation is 1. The summed E-state index contributed by atoms with van der Waals surface area (Å²) in [6.45, 7) is 2.29. The van der Waals surface area contributed by atoms with E-state index in [0.29, 0.717) is 24.4 Å². The molecule has 0 bridgehead atoms. The lowest BCUT2D eigenvalue weighted by Gasteiger charge is -2.35. The second kappa shape index (κ2) is 6.15. The lowest BCUT2D eigenvalue weighted by Crippen LogP contribution is -2.46. The SMILES string of the molecule is CC1CCC(CNC(=O)Nc2cnn(C)c2)(C(=O)O)CC1. The van der Waals surface area contributed by atoms with Crippen LogP contribution in [0.25, 0.3) is 0 Å². The highest BCUT2D eigenvalue weighted by Gasteiger charge is 2.41. The molecule has 1 aromatic rings. The molecule has 7 heteroatoms. The Morgan fingerprint density at radius 3 is 2.67 bits per heavy atom. The van der Waals surface area contributed by atoms with E-state index >= 15 is 0 Å². The van der Waals surface area contributed by atoms with Crippen molar-refractivity contribution in [2.75, 3.05) is 11.9 Å². The van der Waals surface area contributed by atoms with Crippen LogP contribution in [0, 0.1) is 11.3 Å². The number of hydrogen-bond acceptors (Lipinski definition) is 3. The van der Waals surface area contributed by atoms with Crippen LogP contribution in [0.15, 0.2) is 12.4 Å². The number of anilines is 1. The van der Waals surface area contributed by atoms with E-state index in [2.05, 4.69) is 22.7 Å². The number of rotatable bonds is 4. The molecule has 1 aromatic heterocycles. The van der Waals surface area contributed by atoms with Crippen LogP contribution >= 0.6 is 0 Å². The fourth-order valence-corrected chi connectivity index (χ4v) is 2.69. The number of urea groups is 1. The summed E-state index contributed by atoms with van der Waals surface area (Å²) in [7, 11) is 1.76. The van der Waals surface area contributed by atoms with E-state index in [1.807, 2.05) is 0 Å². The first-order valence-electron chi connectivity index (χ1n) is 7.18. The number of amides is 2. The number of hydrogen-bond donors (Lipinski definition) is 3. The summed E-state index contributed by atoms with van der Waals surface area (Å²) in [6.07, 6.45) is 6.20. The van der Waals surface area contributed by atoms with Gasteiger partial charge in [0.15, 0.2) is 0 Å². The van der Waals surface area contributed by atoms with E-state index in [1.54, 1.807) is 17.9 Å². The van der Waals surface area contributed by atoms with Gasteiger partial charge in [0, 0.05) is 19.8 Å². The largest absolute Gasteiger partial charge is 0.481 e. The predicted molar refractivity (Wildman–Crippen MR) is 77.9 cm³/mol. The van der Waals surface area contributed by atoms with Crippen molar-refractivity contribution in [3.8, 4) is 0 Å². The highest BCUT2D eigenvalue weighted by molar-refractivity contribution is 5.89. The van der Waals surface area contributed by atoms with Gasteiger partial charge in [-0.3, -0.25) is 9.48 Å². The molecule has 0 unspecified atom stereocenters. The zero-order valence-corrected chi connectivity index (χ0v) is 12.4. The molecule has 116 valence electrons. The Balaban J connectivity index is 1.90. The lowest BCUT2D eigenvalue weighted by atomic mass is 9.71. The van der Waals surface area contributed by atoms with Crippen molar-refractivity contribution in [3.05, 3.63) is 12.4 Å². The number of carbonyl (C=O) groups is 2. The molecule has 0 aromatic carbocycles. The molecule has 0 radical (unpaired) electrons. The zero-order chi connectivity index (χ0) is 15.5. The molecule has 2 amide bonds. The lowest BCUT2D eigenvalue weighted by molar-refractivity contribution is -0.151. The summed E-state index contributed by atoms with van der Waals surface area (Å²) < 4.78 is 1.58. The smallest absolute Gasteiger partial charge is 0.319 e. The Morgan fingerprint density at radius 1 is 1.48 bits per heavy atom. The molecular weight excluding hydrogens is 272 g/mol. The fourth-order valence-electron chi connectivity index (χ4n) is 2.69. The third-order valence-electron chi connectivity index (χ3n) is 4.24. The summed E-state index contributed by atoms with van der Waals surface area (Å²) in [5.74, 6) is -0.266. The molecule has 7 nitrogen and oxygen atoms in total. The topological polar surface area (TPSA) is 96.3 Å². The summed E-state index contributed by atoms with van der Waals surface area (Å²) in [4.78, 5) is 23.4.